The molecule has 0 aliphatic heterocycles. The van der Waals surface area contributed by atoms with Crippen LogP contribution in [0.4, 0.5) is 0 Å². The lowest BCUT2D eigenvalue weighted by Gasteiger charge is -2.06. The Balaban J connectivity index is 1.72. The molecule has 2 heteroatoms. The van der Waals surface area contributed by atoms with Gasteiger partial charge in [0.1, 0.15) is 5.75 Å². The van der Waals surface area contributed by atoms with E-state index in [9.17, 15) is 4.79 Å². The molecule has 0 aliphatic carbocycles. The molecule has 3 rings (SSSR count). The minimum Gasteiger partial charge on any atom is -0.485 e. The van der Waals surface area contributed by atoms with Crippen molar-refractivity contribution >= 4 is 16.6 Å². The van der Waals surface area contributed by atoms with Crippen LogP contribution in [0.1, 0.15) is 10.4 Å². The summed E-state index contributed by atoms with van der Waals surface area (Å²) in [7, 11) is 0. The number of ketones is 1. The second-order valence-electron chi connectivity index (χ2n) is 4.59. The van der Waals surface area contributed by atoms with Gasteiger partial charge in [-0.3, -0.25) is 4.79 Å². The van der Waals surface area contributed by atoms with E-state index >= 15 is 0 Å². The minimum atomic E-state index is -0.0150. The summed E-state index contributed by atoms with van der Waals surface area (Å²) in [5.74, 6) is 0.701. The molecular formula is C18H14O2. The maximum Gasteiger partial charge on any atom is 0.200 e. The van der Waals surface area contributed by atoms with Crippen molar-refractivity contribution in [2.45, 2.75) is 0 Å². The van der Waals surface area contributed by atoms with Crippen LogP contribution in [0, 0.1) is 0 Å². The van der Waals surface area contributed by atoms with Gasteiger partial charge in [-0.05, 0) is 22.9 Å². The van der Waals surface area contributed by atoms with Gasteiger partial charge in [0.25, 0.3) is 0 Å². The first-order valence-electron chi connectivity index (χ1n) is 6.53. The van der Waals surface area contributed by atoms with Crippen LogP contribution >= 0.6 is 0 Å². The highest BCUT2D eigenvalue weighted by atomic mass is 16.5. The molecule has 0 N–H and O–H groups in total. The van der Waals surface area contributed by atoms with Gasteiger partial charge < -0.3 is 4.74 Å². The fourth-order valence-electron chi connectivity index (χ4n) is 2.11. The second kappa shape index (κ2) is 5.57. The third kappa shape index (κ3) is 2.69. The van der Waals surface area contributed by atoms with Crippen molar-refractivity contribution < 1.29 is 9.53 Å². The number of hydrogen-bond acceptors (Lipinski definition) is 2. The van der Waals surface area contributed by atoms with Gasteiger partial charge in [0.05, 0.1) is 0 Å². The van der Waals surface area contributed by atoms with Crippen LogP contribution in [0.3, 0.4) is 0 Å². The summed E-state index contributed by atoms with van der Waals surface area (Å²) >= 11 is 0. The predicted molar refractivity (Wildman–Crippen MR) is 80.2 cm³/mol. The van der Waals surface area contributed by atoms with E-state index in [0.29, 0.717) is 11.3 Å². The molecule has 20 heavy (non-hydrogen) atoms. The molecule has 0 amide bonds. The van der Waals surface area contributed by atoms with Crippen LogP contribution in [0.15, 0.2) is 72.8 Å². The highest BCUT2D eigenvalue weighted by molar-refractivity contribution is 5.97. The number of carbonyl (C=O) groups excluding carboxylic acids is 1. The molecule has 98 valence electrons. The number of benzene rings is 3. The Morgan fingerprint density at radius 3 is 2.30 bits per heavy atom. The van der Waals surface area contributed by atoms with Crippen molar-refractivity contribution in [3.8, 4) is 5.75 Å². The Hall–Kier alpha value is -2.61. The number of fused-ring (bicyclic) bond motifs is 1. The number of carbonyl (C=O) groups is 1. The molecule has 0 aromatic heterocycles. The first kappa shape index (κ1) is 12.4. The molecule has 3 aromatic carbocycles. The molecule has 0 saturated heterocycles. The summed E-state index contributed by atoms with van der Waals surface area (Å²) in [6.45, 7) is 0.0579. The van der Waals surface area contributed by atoms with Crippen LogP contribution in [0.2, 0.25) is 0 Å². The summed E-state index contributed by atoms with van der Waals surface area (Å²) < 4.78 is 5.58. The lowest BCUT2D eigenvalue weighted by Crippen LogP contribution is -2.11. The average molecular weight is 262 g/mol. The lowest BCUT2D eigenvalue weighted by molar-refractivity contribution is 0.0921. The van der Waals surface area contributed by atoms with E-state index in [2.05, 4.69) is 0 Å². The zero-order chi connectivity index (χ0) is 13.8. The van der Waals surface area contributed by atoms with E-state index in [1.54, 1.807) is 12.1 Å². The van der Waals surface area contributed by atoms with Crippen molar-refractivity contribution in [3.63, 3.8) is 0 Å². The SMILES string of the molecule is O=C(COc1ccc2ccccc2c1)c1ccccc1. The van der Waals surface area contributed by atoms with Gasteiger partial charge in [-0.1, -0.05) is 60.7 Å². The highest BCUT2D eigenvalue weighted by Gasteiger charge is 2.06. The molecule has 0 spiro atoms. The van der Waals surface area contributed by atoms with Crippen LogP contribution in [0.25, 0.3) is 10.8 Å². The summed E-state index contributed by atoms with van der Waals surface area (Å²) in [4.78, 5) is 12.0. The number of rotatable bonds is 4. The van der Waals surface area contributed by atoms with E-state index in [-0.39, 0.29) is 12.4 Å². The van der Waals surface area contributed by atoms with Gasteiger partial charge in [0.2, 0.25) is 0 Å². The number of Topliss-reactive ketones (excluding diaryl/α,β-unsaturated/α-hetero) is 1. The van der Waals surface area contributed by atoms with Gasteiger partial charge >= 0.3 is 0 Å². The molecule has 2 nitrogen and oxygen atoms in total. The van der Waals surface area contributed by atoms with Crippen LogP contribution in [0.5, 0.6) is 5.75 Å². The molecule has 0 atom stereocenters. The topological polar surface area (TPSA) is 26.3 Å². The largest absolute Gasteiger partial charge is 0.485 e. The minimum absolute atomic E-state index is 0.0150. The maximum absolute atomic E-state index is 12.0. The van der Waals surface area contributed by atoms with E-state index in [4.69, 9.17) is 4.74 Å². The second-order valence-corrected chi connectivity index (χ2v) is 4.59. The molecule has 0 unspecified atom stereocenters. The third-order valence-electron chi connectivity index (χ3n) is 3.19. The zero-order valence-electron chi connectivity index (χ0n) is 11.0. The first-order chi connectivity index (χ1) is 9.83. The molecule has 3 aromatic rings. The highest BCUT2D eigenvalue weighted by Crippen LogP contribution is 2.20. The Kier molecular flexibility index (Phi) is 3.46. The standard InChI is InChI=1S/C18H14O2/c19-18(15-7-2-1-3-8-15)13-20-17-11-10-14-6-4-5-9-16(14)12-17/h1-12H,13H2. The number of hydrogen-bond donors (Lipinski definition) is 0. The number of ether oxygens (including phenoxy) is 1. The van der Waals surface area contributed by atoms with Crippen molar-refractivity contribution in [2.75, 3.05) is 6.61 Å². The Morgan fingerprint density at radius 1 is 0.800 bits per heavy atom. The van der Waals surface area contributed by atoms with Gasteiger partial charge in [-0.25, -0.2) is 0 Å². The van der Waals surface area contributed by atoms with Gasteiger partial charge in [-0.2, -0.15) is 0 Å². The monoisotopic (exact) mass is 262 g/mol. The van der Waals surface area contributed by atoms with Crippen molar-refractivity contribution in [2.24, 2.45) is 0 Å². The van der Waals surface area contributed by atoms with E-state index in [1.807, 2.05) is 60.7 Å². The van der Waals surface area contributed by atoms with E-state index in [0.717, 1.165) is 10.8 Å². The Bertz CT molecular complexity index is 733. The molecule has 0 bridgehead atoms. The van der Waals surface area contributed by atoms with Crippen LogP contribution < -0.4 is 4.74 Å². The van der Waals surface area contributed by atoms with Gasteiger partial charge in [0.15, 0.2) is 12.4 Å². The Morgan fingerprint density at radius 2 is 1.50 bits per heavy atom. The van der Waals surface area contributed by atoms with Gasteiger partial charge in [-0.15, -0.1) is 0 Å². The first-order valence-corrected chi connectivity index (χ1v) is 6.53. The predicted octanol–water partition coefficient (Wildman–Crippen LogP) is 4.10. The summed E-state index contributed by atoms with van der Waals surface area (Å²) in [6, 6.07) is 23.1. The van der Waals surface area contributed by atoms with E-state index in [1.165, 1.54) is 0 Å². The van der Waals surface area contributed by atoms with Crippen LogP contribution in [-0.2, 0) is 0 Å². The molecule has 0 aliphatic rings. The van der Waals surface area contributed by atoms with Crippen molar-refractivity contribution in [1.82, 2.24) is 0 Å². The maximum atomic E-state index is 12.0. The lowest BCUT2D eigenvalue weighted by atomic mass is 10.1. The fraction of sp³-hybridized carbons (Fsp3) is 0.0556. The normalized spacial score (nSPS) is 10.4. The molecule has 0 heterocycles. The van der Waals surface area contributed by atoms with Crippen molar-refractivity contribution in [1.29, 1.82) is 0 Å². The smallest absolute Gasteiger partial charge is 0.200 e. The summed E-state index contributed by atoms with van der Waals surface area (Å²) in [5, 5.41) is 2.27. The quantitative estimate of drug-likeness (QED) is 0.662. The van der Waals surface area contributed by atoms with Crippen molar-refractivity contribution in [3.05, 3.63) is 78.4 Å². The molecule has 0 radical (unpaired) electrons. The van der Waals surface area contributed by atoms with E-state index < -0.39 is 0 Å². The molecule has 0 fully saturated rings. The fourth-order valence-corrected chi connectivity index (χ4v) is 2.11. The molecular weight excluding hydrogens is 248 g/mol. The summed E-state index contributed by atoms with van der Waals surface area (Å²) in [5.41, 5.74) is 0.674. The van der Waals surface area contributed by atoms with Crippen LogP contribution in [-0.4, -0.2) is 12.4 Å². The van der Waals surface area contributed by atoms with Gasteiger partial charge in [0, 0.05) is 5.56 Å². The average Bonchev–Trinajstić information content (AvgIpc) is 2.53. The zero-order valence-corrected chi connectivity index (χ0v) is 11.0. The molecule has 0 saturated carbocycles. The Labute approximate surface area is 117 Å². The third-order valence-corrected chi connectivity index (χ3v) is 3.19. The summed E-state index contributed by atoms with van der Waals surface area (Å²) in [6.07, 6.45) is 0.